The molecule has 0 saturated carbocycles. The number of benzene rings is 1. The highest BCUT2D eigenvalue weighted by atomic mass is 16.1. The van der Waals surface area contributed by atoms with Gasteiger partial charge in [-0.2, -0.15) is 4.98 Å². The van der Waals surface area contributed by atoms with Crippen LogP contribution >= 0.6 is 0 Å². The van der Waals surface area contributed by atoms with Gasteiger partial charge in [0.05, 0.1) is 0 Å². The summed E-state index contributed by atoms with van der Waals surface area (Å²) in [6, 6.07) is 6.36. The molecule has 1 aliphatic carbocycles. The van der Waals surface area contributed by atoms with E-state index in [0.717, 1.165) is 39.7 Å². The van der Waals surface area contributed by atoms with Crippen LogP contribution < -0.4 is 5.32 Å². The predicted octanol–water partition coefficient (Wildman–Crippen LogP) is 5.95. The number of Topliss-reactive ketones (excluding diaryl/α,β-unsaturated/α-hetero) is 1. The highest BCUT2D eigenvalue weighted by Crippen LogP contribution is 2.34. The zero-order chi connectivity index (χ0) is 19.9. The van der Waals surface area contributed by atoms with E-state index in [4.69, 9.17) is 0 Å². The zero-order valence-corrected chi connectivity index (χ0v) is 16.8. The van der Waals surface area contributed by atoms with E-state index >= 15 is 0 Å². The van der Waals surface area contributed by atoms with E-state index in [-0.39, 0.29) is 14.1 Å². The Bertz CT molecular complexity index is 1090. The summed E-state index contributed by atoms with van der Waals surface area (Å²) in [7, 11) is 0. The lowest BCUT2D eigenvalue weighted by molar-refractivity contribution is 0.0951. The molecule has 4 rings (SSSR count). The first-order chi connectivity index (χ1) is 13.4. The monoisotopic (exact) mass is 378 g/mol. The van der Waals surface area contributed by atoms with Gasteiger partial charge in [-0.3, -0.25) is 4.79 Å². The SMILES string of the molecule is CC[C@H](C)Nc1ncc2c(-c3ccc4c(c3)C=CC(C)(C)CC4=O)c[nH]c2n1.[HH].[HH]. The smallest absolute Gasteiger partial charge is 0.224 e. The number of aromatic nitrogens is 3. The van der Waals surface area contributed by atoms with Crippen LogP contribution in [0, 0.1) is 5.41 Å². The van der Waals surface area contributed by atoms with E-state index < -0.39 is 0 Å². The first kappa shape index (κ1) is 18.4. The minimum absolute atomic E-state index is 0. The van der Waals surface area contributed by atoms with Crippen molar-refractivity contribution >= 4 is 28.8 Å². The number of allylic oxidation sites excluding steroid dienone is 1. The topological polar surface area (TPSA) is 70.7 Å². The van der Waals surface area contributed by atoms with Gasteiger partial charge in [0.1, 0.15) is 5.65 Å². The Morgan fingerprint density at radius 2 is 2.14 bits per heavy atom. The molecule has 0 radical (unpaired) electrons. The Kier molecular flexibility index (Phi) is 4.53. The normalized spacial score (nSPS) is 16.6. The number of rotatable bonds is 4. The van der Waals surface area contributed by atoms with Gasteiger partial charge in [-0.05, 0) is 36.0 Å². The molecule has 2 N–H and O–H groups in total. The lowest BCUT2D eigenvalue weighted by atomic mass is 9.87. The van der Waals surface area contributed by atoms with Crippen molar-refractivity contribution in [1.29, 1.82) is 0 Å². The Morgan fingerprint density at radius 1 is 1.32 bits per heavy atom. The number of nitrogens with zero attached hydrogens (tertiary/aromatic N) is 2. The molecule has 0 saturated heterocycles. The second-order valence-corrected chi connectivity index (χ2v) is 8.34. The molecule has 1 aliphatic rings. The molecule has 0 spiro atoms. The number of carbonyl (C=O) groups is 1. The fourth-order valence-corrected chi connectivity index (χ4v) is 3.54. The molecule has 0 fully saturated rings. The molecular weight excluding hydrogens is 348 g/mol. The van der Waals surface area contributed by atoms with Crippen LogP contribution in [0.25, 0.3) is 28.2 Å². The summed E-state index contributed by atoms with van der Waals surface area (Å²) in [6.45, 7) is 8.42. The third-order valence-electron chi connectivity index (χ3n) is 5.41. The third-order valence-corrected chi connectivity index (χ3v) is 5.41. The van der Waals surface area contributed by atoms with Gasteiger partial charge in [0, 0.05) is 44.2 Å². The largest absolute Gasteiger partial charge is 0.352 e. The van der Waals surface area contributed by atoms with Crippen molar-refractivity contribution in [3.63, 3.8) is 0 Å². The van der Waals surface area contributed by atoms with Gasteiger partial charge < -0.3 is 10.3 Å². The Balaban J connectivity index is 0.00000160. The first-order valence-electron chi connectivity index (χ1n) is 9.84. The molecule has 0 unspecified atom stereocenters. The summed E-state index contributed by atoms with van der Waals surface area (Å²) >= 11 is 0. The van der Waals surface area contributed by atoms with Crippen LogP contribution in [0.2, 0.25) is 0 Å². The minimum Gasteiger partial charge on any atom is -0.352 e. The van der Waals surface area contributed by atoms with Crippen molar-refractivity contribution in [1.82, 2.24) is 15.0 Å². The molecule has 0 bridgehead atoms. The molecule has 3 aromatic rings. The van der Waals surface area contributed by atoms with Gasteiger partial charge in [0.2, 0.25) is 5.95 Å². The summed E-state index contributed by atoms with van der Waals surface area (Å²) in [5.74, 6) is 0.826. The van der Waals surface area contributed by atoms with E-state index in [1.807, 2.05) is 24.5 Å². The van der Waals surface area contributed by atoms with Crippen LogP contribution in [0.3, 0.4) is 0 Å². The van der Waals surface area contributed by atoms with E-state index in [0.29, 0.717) is 18.4 Å². The Hall–Kier alpha value is -2.95. The number of carbonyl (C=O) groups excluding carboxylic acids is 1. The maximum atomic E-state index is 12.6. The van der Waals surface area contributed by atoms with E-state index in [1.165, 1.54) is 0 Å². The van der Waals surface area contributed by atoms with Crippen LogP contribution in [0.4, 0.5) is 5.95 Å². The number of fused-ring (bicyclic) bond motifs is 2. The number of aromatic amines is 1. The summed E-state index contributed by atoms with van der Waals surface area (Å²) < 4.78 is 0. The standard InChI is InChI=1S/C23H26N4O.2H2/c1-5-14(2)26-22-25-13-19-18(12-24-21(19)27-22)15-6-7-17-16(10-15)8-9-23(3,4)11-20(17)28;;/h6-10,12-14H,5,11H2,1-4H3,(H2,24,25,26,27);2*1H/t14-;;/m0../s1. The maximum Gasteiger partial charge on any atom is 0.224 e. The van der Waals surface area contributed by atoms with Crippen molar-refractivity contribution < 1.29 is 7.65 Å². The molecular formula is C23H30N4O. The second-order valence-electron chi connectivity index (χ2n) is 8.34. The van der Waals surface area contributed by atoms with E-state index in [9.17, 15) is 4.79 Å². The molecule has 1 atom stereocenters. The molecule has 2 aromatic heterocycles. The number of hydrogen-bond donors (Lipinski definition) is 2. The quantitative estimate of drug-likeness (QED) is 0.588. The van der Waals surface area contributed by atoms with Crippen LogP contribution in [0.5, 0.6) is 0 Å². The van der Waals surface area contributed by atoms with Gasteiger partial charge in [0.25, 0.3) is 0 Å². The zero-order valence-electron chi connectivity index (χ0n) is 16.8. The summed E-state index contributed by atoms with van der Waals surface area (Å²) in [5, 5.41) is 4.28. The van der Waals surface area contributed by atoms with Crippen LogP contribution in [-0.4, -0.2) is 26.8 Å². The fourth-order valence-electron chi connectivity index (χ4n) is 3.54. The van der Waals surface area contributed by atoms with Crippen molar-refractivity contribution in [3.05, 3.63) is 47.8 Å². The lowest BCUT2D eigenvalue weighted by Crippen LogP contribution is -2.15. The number of ketones is 1. The van der Waals surface area contributed by atoms with E-state index in [2.05, 4.69) is 66.2 Å². The summed E-state index contributed by atoms with van der Waals surface area (Å²) in [5.41, 5.74) is 4.54. The number of hydrogen-bond acceptors (Lipinski definition) is 4. The number of anilines is 1. The minimum atomic E-state index is -0.121. The van der Waals surface area contributed by atoms with Crippen molar-refractivity contribution in [3.8, 4) is 11.1 Å². The Morgan fingerprint density at radius 3 is 2.93 bits per heavy atom. The number of H-pyrrole nitrogens is 1. The average Bonchev–Trinajstić information content (AvgIpc) is 3.04. The fraction of sp³-hybridized carbons (Fsp3) is 0.348. The van der Waals surface area contributed by atoms with Gasteiger partial charge in [0.15, 0.2) is 5.78 Å². The molecule has 2 heterocycles. The van der Waals surface area contributed by atoms with Gasteiger partial charge in [-0.25, -0.2) is 4.98 Å². The van der Waals surface area contributed by atoms with E-state index in [1.54, 1.807) is 0 Å². The van der Waals surface area contributed by atoms with Gasteiger partial charge >= 0.3 is 0 Å². The number of nitrogens with one attached hydrogen (secondary N) is 2. The van der Waals surface area contributed by atoms with Crippen LogP contribution in [-0.2, 0) is 0 Å². The van der Waals surface area contributed by atoms with Crippen molar-refractivity contribution in [2.45, 2.75) is 46.6 Å². The molecule has 28 heavy (non-hydrogen) atoms. The lowest BCUT2D eigenvalue weighted by Gasteiger charge is -2.16. The van der Waals surface area contributed by atoms with Crippen molar-refractivity contribution in [2.75, 3.05) is 5.32 Å². The summed E-state index contributed by atoms with van der Waals surface area (Å²) in [6.07, 6.45) is 9.56. The van der Waals surface area contributed by atoms with Gasteiger partial charge in [-0.1, -0.05) is 45.1 Å². The molecule has 148 valence electrons. The summed E-state index contributed by atoms with van der Waals surface area (Å²) in [4.78, 5) is 24.9. The molecule has 5 nitrogen and oxygen atoms in total. The first-order valence-corrected chi connectivity index (χ1v) is 9.84. The molecule has 1 aromatic carbocycles. The van der Waals surface area contributed by atoms with Crippen LogP contribution in [0.15, 0.2) is 36.7 Å². The molecule has 5 heteroatoms. The molecule has 0 amide bonds. The third kappa shape index (κ3) is 3.44. The maximum absolute atomic E-state index is 12.6. The van der Waals surface area contributed by atoms with Gasteiger partial charge in [-0.15, -0.1) is 0 Å². The predicted molar refractivity (Wildman–Crippen MR) is 119 cm³/mol. The van der Waals surface area contributed by atoms with Crippen molar-refractivity contribution in [2.24, 2.45) is 5.41 Å². The Labute approximate surface area is 168 Å². The highest BCUT2D eigenvalue weighted by Gasteiger charge is 2.24. The average molecular weight is 379 g/mol. The van der Waals surface area contributed by atoms with Crippen LogP contribution in [0.1, 0.15) is 59.3 Å². The molecule has 0 aliphatic heterocycles. The highest BCUT2D eigenvalue weighted by molar-refractivity contribution is 6.02. The second kappa shape index (κ2) is 6.89.